The lowest BCUT2D eigenvalue weighted by Crippen LogP contribution is -2.37. The second kappa shape index (κ2) is 6.37. The van der Waals surface area contributed by atoms with Crippen molar-refractivity contribution in [1.29, 1.82) is 0 Å². The Morgan fingerprint density at radius 3 is 2.59 bits per heavy atom. The minimum absolute atomic E-state index is 0.392. The van der Waals surface area contributed by atoms with Gasteiger partial charge in [0.1, 0.15) is 6.04 Å². The molecule has 4 heteroatoms. The molecule has 0 aliphatic rings. The van der Waals surface area contributed by atoms with Gasteiger partial charge in [0.05, 0.1) is 7.11 Å². The second-order valence-corrected chi connectivity index (χ2v) is 4.03. The highest BCUT2D eigenvalue weighted by Crippen LogP contribution is 2.12. The van der Waals surface area contributed by atoms with Crippen molar-refractivity contribution < 1.29 is 14.6 Å². The summed E-state index contributed by atoms with van der Waals surface area (Å²) in [7, 11) is 3.04. The second-order valence-electron chi connectivity index (χ2n) is 4.03. The maximum atomic E-state index is 11.5. The smallest absolute Gasteiger partial charge is 0.307 e. The topological polar surface area (TPSA) is 47.6 Å². The van der Waals surface area contributed by atoms with Crippen molar-refractivity contribution in [3.8, 4) is 0 Å². The fraction of sp³-hybridized carbons (Fsp3) is 0.462. The van der Waals surface area contributed by atoms with Crippen molar-refractivity contribution >= 4 is 5.97 Å². The van der Waals surface area contributed by atoms with E-state index in [4.69, 9.17) is 0 Å². The van der Waals surface area contributed by atoms with Crippen molar-refractivity contribution in [3.05, 3.63) is 34.9 Å². The Morgan fingerprint density at radius 1 is 1.35 bits per heavy atom. The predicted octanol–water partition coefficient (Wildman–Crippen LogP) is 1.54. The van der Waals surface area contributed by atoms with E-state index in [0.29, 0.717) is 6.42 Å². The molecule has 4 nitrogen and oxygen atoms in total. The van der Waals surface area contributed by atoms with Crippen molar-refractivity contribution in [2.75, 3.05) is 14.2 Å². The van der Waals surface area contributed by atoms with E-state index in [1.165, 1.54) is 18.2 Å². The van der Waals surface area contributed by atoms with Crippen LogP contribution in [0, 0.1) is 13.8 Å². The summed E-state index contributed by atoms with van der Waals surface area (Å²) in [5.41, 5.74) is 3.56. The van der Waals surface area contributed by atoms with Crippen LogP contribution in [0.5, 0.6) is 0 Å². The van der Waals surface area contributed by atoms with E-state index in [9.17, 15) is 4.79 Å². The Kier molecular flexibility index (Phi) is 5.12. The highest BCUT2D eigenvalue weighted by atomic mass is 17.2. The van der Waals surface area contributed by atoms with E-state index in [1.807, 2.05) is 6.07 Å². The van der Waals surface area contributed by atoms with Crippen molar-refractivity contribution in [1.82, 2.24) is 5.32 Å². The van der Waals surface area contributed by atoms with Crippen LogP contribution in [-0.4, -0.2) is 26.2 Å². The van der Waals surface area contributed by atoms with Gasteiger partial charge >= 0.3 is 5.97 Å². The number of aryl methyl sites for hydroxylation is 2. The third-order valence-electron chi connectivity index (χ3n) is 2.81. The molecule has 1 N–H and O–H groups in total. The van der Waals surface area contributed by atoms with Crippen LogP contribution in [-0.2, 0) is 21.0 Å². The molecular formula is C13H19NO3. The molecule has 1 aromatic carbocycles. The molecule has 0 radical (unpaired) electrons. The van der Waals surface area contributed by atoms with Crippen molar-refractivity contribution in [2.45, 2.75) is 26.3 Å². The first-order valence-corrected chi connectivity index (χ1v) is 5.56. The quantitative estimate of drug-likeness (QED) is 0.623. The third-order valence-corrected chi connectivity index (χ3v) is 2.81. The molecule has 0 heterocycles. The first-order valence-electron chi connectivity index (χ1n) is 5.56. The summed E-state index contributed by atoms with van der Waals surface area (Å²) in [6, 6.07) is 5.77. The fourth-order valence-electron chi connectivity index (χ4n) is 1.61. The Morgan fingerprint density at radius 2 is 2.06 bits per heavy atom. The van der Waals surface area contributed by atoms with Crippen LogP contribution in [0.25, 0.3) is 0 Å². The predicted molar refractivity (Wildman–Crippen MR) is 65.6 cm³/mol. The molecule has 17 heavy (non-hydrogen) atoms. The van der Waals surface area contributed by atoms with Crippen LogP contribution in [0.1, 0.15) is 16.7 Å². The van der Waals surface area contributed by atoms with Crippen LogP contribution in [0.4, 0.5) is 0 Å². The summed E-state index contributed by atoms with van der Waals surface area (Å²) >= 11 is 0. The van der Waals surface area contributed by atoms with Gasteiger partial charge in [-0.25, -0.2) is 4.79 Å². The molecular weight excluding hydrogens is 218 g/mol. The lowest BCUT2D eigenvalue weighted by Gasteiger charge is -2.14. The molecule has 0 spiro atoms. The number of nitrogens with one attached hydrogen (secondary N) is 1. The van der Waals surface area contributed by atoms with E-state index in [1.54, 1.807) is 7.05 Å². The Hall–Kier alpha value is -1.39. The Bertz CT molecular complexity index is 390. The minimum atomic E-state index is -0.409. The minimum Gasteiger partial charge on any atom is -0.307 e. The zero-order valence-corrected chi connectivity index (χ0v) is 10.7. The Balaban J connectivity index is 2.73. The molecule has 1 aromatic rings. The van der Waals surface area contributed by atoms with Crippen LogP contribution >= 0.6 is 0 Å². The van der Waals surface area contributed by atoms with Gasteiger partial charge in [-0.3, -0.25) is 4.89 Å². The van der Waals surface area contributed by atoms with Crippen molar-refractivity contribution in [3.63, 3.8) is 0 Å². The number of hydrogen-bond donors (Lipinski definition) is 1. The van der Waals surface area contributed by atoms with E-state index in [2.05, 4.69) is 41.1 Å². The van der Waals surface area contributed by atoms with Crippen LogP contribution < -0.4 is 5.32 Å². The molecule has 1 atom stereocenters. The number of carbonyl (C=O) groups is 1. The van der Waals surface area contributed by atoms with Crippen LogP contribution in [0.2, 0.25) is 0 Å². The first-order chi connectivity index (χ1) is 8.08. The summed E-state index contributed by atoms with van der Waals surface area (Å²) in [5, 5.41) is 2.91. The van der Waals surface area contributed by atoms with E-state index in [-0.39, 0.29) is 0 Å². The number of carbonyl (C=O) groups excluding carboxylic acids is 1. The van der Waals surface area contributed by atoms with Crippen LogP contribution in [0.15, 0.2) is 18.2 Å². The van der Waals surface area contributed by atoms with Gasteiger partial charge in [-0.1, -0.05) is 18.2 Å². The molecule has 0 aromatic heterocycles. The van der Waals surface area contributed by atoms with E-state index in [0.717, 1.165) is 5.56 Å². The molecule has 0 aliphatic carbocycles. The summed E-state index contributed by atoms with van der Waals surface area (Å²) in [6.07, 6.45) is 0.583. The fourth-order valence-corrected chi connectivity index (χ4v) is 1.61. The SMILES string of the molecule is CN[C@@H](Cc1ccc(C)c(C)c1)C(=O)OOC. The largest absolute Gasteiger partial charge is 0.359 e. The summed E-state index contributed by atoms with van der Waals surface area (Å²) in [4.78, 5) is 20.4. The maximum Gasteiger partial charge on any atom is 0.359 e. The first kappa shape index (κ1) is 13.7. The average molecular weight is 237 g/mol. The monoisotopic (exact) mass is 237 g/mol. The molecule has 0 amide bonds. The van der Waals surface area contributed by atoms with Gasteiger partial charge in [-0.15, -0.1) is 0 Å². The molecule has 0 fully saturated rings. The van der Waals surface area contributed by atoms with Gasteiger partial charge in [0.2, 0.25) is 0 Å². The van der Waals surface area contributed by atoms with Crippen molar-refractivity contribution in [2.24, 2.45) is 0 Å². The highest BCUT2D eigenvalue weighted by Gasteiger charge is 2.19. The normalized spacial score (nSPS) is 12.2. The number of hydrogen-bond acceptors (Lipinski definition) is 4. The van der Waals surface area contributed by atoms with E-state index >= 15 is 0 Å². The molecule has 0 saturated heterocycles. The lowest BCUT2D eigenvalue weighted by atomic mass is 10.0. The molecule has 0 saturated carbocycles. The molecule has 1 rings (SSSR count). The standard InChI is InChI=1S/C13H19NO3/c1-9-5-6-11(7-10(9)2)8-12(14-3)13(15)17-16-4/h5-7,12,14H,8H2,1-4H3/t12-/m0/s1. The summed E-state index contributed by atoms with van der Waals surface area (Å²) in [6.45, 7) is 4.12. The summed E-state index contributed by atoms with van der Waals surface area (Å²) < 4.78 is 0. The average Bonchev–Trinajstić information content (AvgIpc) is 2.30. The molecule has 0 aliphatic heterocycles. The van der Waals surface area contributed by atoms with Gasteiger partial charge in [-0.2, -0.15) is 4.89 Å². The van der Waals surface area contributed by atoms with Gasteiger partial charge in [0, 0.05) is 0 Å². The Labute approximate surface area is 102 Å². The summed E-state index contributed by atoms with van der Waals surface area (Å²) in [5.74, 6) is -0.409. The van der Waals surface area contributed by atoms with Gasteiger partial charge in [-0.05, 0) is 44.0 Å². The van der Waals surface area contributed by atoms with Crippen LogP contribution in [0.3, 0.4) is 0 Å². The number of rotatable bonds is 5. The number of likely N-dealkylation sites (N-methyl/N-ethyl adjacent to an activating group) is 1. The third kappa shape index (κ3) is 3.84. The van der Waals surface area contributed by atoms with E-state index < -0.39 is 12.0 Å². The maximum absolute atomic E-state index is 11.5. The lowest BCUT2D eigenvalue weighted by molar-refractivity contribution is -0.256. The molecule has 0 unspecified atom stereocenters. The number of benzene rings is 1. The zero-order chi connectivity index (χ0) is 12.8. The zero-order valence-electron chi connectivity index (χ0n) is 10.7. The van der Waals surface area contributed by atoms with Gasteiger partial charge in [0.15, 0.2) is 0 Å². The van der Waals surface area contributed by atoms with Gasteiger partial charge in [0.25, 0.3) is 0 Å². The van der Waals surface area contributed by atoms with Gasteiger partial charge < -0.3 is 5.32 Å². The molecule has 0 bridgehead atoms. The highest BCUT2D eigenvalue weighted by molar-refractivity contribution is 5.75. The molecule has 94 valence electrons.